The first-order chi connectivity index (χ1) is 13.5. The van der Waals surface area contributed by atoms with Gasteiger partial charge in [-0.2, -0.15) is 16.8 Å². The Labute approximate surface area is 166 Å². The summed E-state index contributed by atoms with van der Waals surface area (Å²) in [4.78, 5) is -0.830. The van der Waals surface area contributed by atoms with Gasteiger partial charge in [0.15, 0.2) is 0 Å². The van der Waals surface area contributed by atoms with Gasteiger partial charge in [0.25, 0.3) is 20.2 Å². The average Bonchev–Trinajstić information content (AvgIpc) is 2.66. The Bertz CT molecular complexity index is 1350. The van der Waals surface area contributed by atoms with Gasteiger partial charge in [-0.3, -0.25) is 9.11 Å². The smallest absolute Gasteiger partial charge is 0.296 e. The van der Waals surface area contributed by atoms with Crippen LogP contribution >= 0.6 is 0 Å². The molecule has 3 rings (SSSR count). The lowest BCUT2D eigenvalue weighted by Crippen LogP contribution is -1.99. The van der Waals surface area contributed by atoms with Crippen LogP contribution in [0, 0.1) is 0 Å². The molecule has 29 heavy (non-hydrogen) atoms. The Morgan fingerprint density at radius 1 is 0.828 bits per heavy atom. The minimum atomic E-state index is -4.59. The zero-order valence-electron chi connectivity index (χ0n) is 14.8. The van der Waals surface area contributed by atoms with E-state index >= 15 is 0 Å². The maximum absolute atomic E-state index is 11.6. The monoisotopic (exact) mass is 437 g/mol. The first kappa shape index (κ1) is 20.7. The van der Waals surface area contributed by atoms with Gasteiger partial charge in [0.2, 0.25) is 0 Å². The lowest BCUT2D eigenvalue weighted by atomic mass is 10.1. The highest BCUT2D eigenvalue weighted by atomic mass is 32.2. The molecule has 3 aromatic carbocycles. The molecule has 0 atom stereocenters. The molecule has 0 aromatic heterocycles. The van der Waals surface area contributed by atoms with E-state index in [-0.39, 0.29) is 27.7 Å². The zero-order chi connectivity index (χ0) is 21.4. The molecule has 12 heteroatoms. The van der Waals surface area contributed by atoms with Crippen LogP contribution in [0.2, 0.25) is 0 Å². The number of hydrogen-bond donors (Lipinski definition) is 3. The summed E-state index contributed by atoms with van der Waals surface area (Å²) in [7, 11) is -7.67. The molecule has 0 spiro atoms. The molecular formula is C17H15N3O7S2. The summed E-state index contributed by atoms with van der Waals surface area (Å²) in [6.45, 7) is 0. The van der Waals surface area contributed by atoms with Crippen LogP contribution in [-0.2, 0) is 20.2 Å². The van der Waals surface area contributed by atoms with E-state index in [0.717, 1.165) is 6.07 Å². The second-order valence-corrected chi connectivity index (χ2v) is 8.68. The van der Waals surface area contributed by atoms with Crippen molar-refractivity contribution in [2.45, 2.75) is 9.79 Å². The molecule has 152 valence electrons. The number of azo groups is 1. The van der Waals surface area contributed by atoms with Crippen LogP contribution in [0.4, 0.5) is 17.1 Å². The van der Waals surface area contributed by atoms with Gasteiger partial charge in [-0.25, -0.2) is 0 Å². The molecule has 10 nitrogen and oxygen atoms in total. The van der Waals surface area contributed by atoms with E-state index in [1.807, 2.05) is 0 Å². The van der Waals surface area contributed by atoms with Crippen molar-refractivity contribution >= 4 is 48.1 Å². The van der Waals surface area contributed by atoms with Crippen molar-refractivity contribution in [2.24, 2.45) is 10.2 Å². The van der Waals surface area contributed by atoms with Gasteiger partial charge < -0.3 is 10.5 Å². The summed E-state index contributed by atoms with van der Waals surface area (Å²) < 4.78 is 69.5. The number of hydrogen-bond acceptors (Lipinski definition) is 8. The van der Waals surface area contributed by atoms with E-state index in [1.165, 1.54) is 49.6 Å². The Morgan fingerprint density at radius 3 is 2.10 bits per heavy atom. The molecule has 0 bridgehead atoms. The van der Waals surface area contributed by atoms with Gasteiger partial charge in [0.05, 0.1) is 17.7 Å². The highest BCUT2D eigenvalue weighted by Gasteiger charge is 2.17. The zero-order valence-corrected chi connectivity index (χ0v) is 16.5. The maximum atomic E-state index is 11.6. The Hall–Kier alpha value is -3.06. The molecule has 0 fully saturated rings. The first-order valence-electron chi connectivity index (χ1n) is 7.88. The van der Waals surface area contributed by atoms with Crippen LogP contribution < -0.4 is 10.5 Å². The van der Waals surface area contributed by atoms with Gasteiger partial charge in [0.1, 0.15) is 16.3 Å². The third kappa shape index (κ3) is 4.35. The van der Waals surface area contributed by atoms with Gasteiger partial charge in [-0.1, -0.05) is 6.07 Å². The fourth-order valence-electron chi connectivity index (χ4n) is 2.60. The summed E-state index contributed by atoms with van der Waals surface area (Å²) >= 11 is 0. The number of methoxy groups -OCH3 is 1. The minimum absolute atomic E-state index is 0.132. The topological polar surface area (TPSA) is 169 Å². The number of nitrogen functional groups attached to an aromatic ring is 1. The molecule has 0 heterocycles. The predicted octanol–water partition coefficient (Wildman–Crippen LogP) is 3.34. The molecule has 4 N–H and O–H groups in total. The molecule has 0 amide bonds. The highest BCUT2D eigenvalue weighted by Crippen LogP contribution is 2.35. The molecule has 0 aliphatic heterocycles. The number of nitrogens with two attached hydrogens (primary N) is 1. The van der Waals surface area contributed by atoms with Crippen LogP contribution in [0.1, 0.15) is 0 Å². The second kappa shape index (κ2) is 7.40. The van der Waals surface area contributed by atoms with Crippen LogP contribution in [0.15, 0.2) is 68.6 Å². The molecule has 0 aliphatic rings. The van der Waals surface area contributed by atoms with Gasteiger partial charge in [-0.15, -0.1) is 10.2 Å². The number of anilines is 1. The highest BCUT2D eigenvalue weighted by molar-refractivity contribution is 7.86. The second-order valence-electron chi connectivity index (χ2n) is 5.87. The van der Waals surface area contributed by atoms with Crippen molar-refractivity contribution in [3.63, 3.8) is 0 Å². The van der Waals surface area contributed by atoms with E-state index in [4.69, 9.17) is 10.5 Å². The minimum Gasteiger partial charge on any atom is -0.497 e. The van der Waals surface area contributed by atoms with Gasteiger partial charge in [-0.05, 0) is 36.4 Å². The summed E-state index contributed by atoms with van der Waals surface area (Å²) in [5.74, 6) is 0.201. The fourth-order valence-corrected chi connectivity index (χ4v) is 3.74. The van der Waals surface area contributed by atoms with E-state index < -0.39 is 25.1 Å². The molecule has 0 aliphatic carbocycles. The van der Waals surface area contributed by atoms with Gasteiger partial charge in [0, 0.05) is 22.5 Å². The largest absolute Gasteiger partial charge is 0.497 e. The lowest BCUT2D eigenvalue weighted by molar-refractivity contribution is 0.412. The number of rotatable bonds is 5. The van der Waals surface area contributed by atoms with E-state index in [0.29, 0.717) is 10.8 Å². The molecular weight excluding hydrogens is 422 g/mol. The average molecular weight is 437 g/mol. The molecule has 0 saturated heterocycles. The van der Waals surface area contributed by atoms with Crippen LogP contribution in [-0.4, -0.2) is 33.1 Å². The van der Waals surface area contributed by atoms with Crippen LogP contribution in [0.3, 0.4) is 0 Å². The van der Waals surface area contributed by atoms with Crippen molar-refractivity contribution in [1.82, 2.24) is 0 Å². The van der Waals surface area contributed by atoms with E-state index in [2.05, 4.69) is 10.2 Å². The van der Waals surface area contributed by atoms with Crippen LogP contribution in [0.25, 0.3) is 10.8 Å². The van der Waals surface area contributed by atoms with E-state index in [1.54, 1.807) is 0 Å². The normalized spacial score (nSPS) is 12.5. The molecule has 3 aromatic rings. The Morgan fingerprint density at radius 2 is 1.48 bits per heavy atom. The molecule has 0 radical (unpaired) electrons. The summed E-state index contributed by atoms with van der Waals surface area (Å²) in [6.07, 6.45) is 0. The lowest BCUT2D eigenvalue weighted by Gasteiger charge is -2.07. The number of nitrogens with zero attached hydrogens (tertiary/aromatic N) is 2. The summed E-state index contributed by atoms with van der Waals surface area (Å²) in [6, 6.07) is 10.6. The predicted molar refractivity (Wildman–Crippen MR) is 105 cm³/mol. The SMILES string of the molecule is COc1ccc(N=Nc2ccc(N)c3cc(S(=O)(=O)O)ccc23)c(S(=O)(=O)O)c1. The van der Waals surface area contributed by atoms with Crippen molar-refractivity contribution in [3.05, 3.63) is 48.5 Å². The number of benzene rings is 3. The van der Waals surface area contributed by atoms with Crippen molar-refractivity contribution in [3.8, 4) is 5.75 Å². The van der Waals surface area contributed by atoms with Gasteiger partial charge >= 0.3 is 0 Å². The molecule has 0 unspecified atom stereocenters. The van der Waals surface area contributed by atoms with E-state index in [9.17, 15) is 25.9 Å². The maximum Gasteiger partial charge on any atom is 0.296 e. The van der Waals surface area contributed by atoms with Crippen molar-refractivity contribution in [2.75, 3.05) is 12.8 Å². The number of ether oxygens (including phenoxy) is 1. The third-order valence-corrected chi connectivity index (χ3v) is 5.74. The van der Waals surface area contributed by atoms with Crippen LogP contribution in [0.5, 0.6) is 5.75 Å². The third-order valence-electron chi connectivity index (χ3n) is 4.01. The van der Waals surface area contributed by atoms with Crippen molar-refractivity contribution < 1.29 is 30.7 Å². The summed E-state index contributed by atoms with van der Waals surface area (Å²) in [5.41, 5.74) is 6.25. The quantitative estimate of drug-likeness (QED) is 0.310. The number of fused-ring (bicyclic) bond motifs is 1. The Balaban J connectivity index is 2.14. The van der Waals surface area contributed by atoms with Crippen molar-refractivity contribution in [1.29, 1.82) is 0 Å². The fraction of sp³-hybridized carbons (Fsp3) is 0.0588. The standard InChI is InChI=1S/C17H15N3O7S2/c1-27-10-2-6-16(17(8-10)29(24,25)26)20-19-15-7-5-14(18)13-9-11(28(21,22)23)3-4-12(13)15/h2-9H,18H2,1H3,(H,21,22,23)(H,24,25,26). The first-order valence-corrected chi connectivity index (χ1v) is 10.8. The summed E-state index contributed by atoms with van der Waals surface area (Å²) in [5, 5.41) is 8.63. The Kier molecular flexibility index (Phi) is 5.28. The molecule has 0 saturated carbocycles.